The number of nitrogen functional groups attached to an aromatic ring is 1. The number of ether oxygens (including phenoxy) is 1. The molecule has 1 aliphatic heterocycles. The van der Waals surface area contributed by atoms with Crippen LogP contribution in [0, 0.1) is 0 Å². The quantitative estimate of drug-likeness (QED) is 0.239. The molecular weight excluding hydrogens is 463 g/mol. The fourth-order valence-corrected chi connectivity index (χ4v) is 5.39. The second-order valence-corrected chi connectivity index (χ2v) is 10.1. The van der Waals surface area contributed by atoms with Crippen molar-refractivity contribution in [3.63, 3.8) is 0 Å². The first kappa shape index (κ1) is 24.3. The average Bonchev–Trinajstić information content (AvgIpc) is 2.98. The Balaban J connectivity index is 1.97. The number of aliphatic hydroxyl groups excluding tert-OH is 1. The van der Waals surface area contributed by atoms with E-state index >= 15 is 0 Å². The number of nitrogens with two attached hydrogens (primary N) is 1. The SMILES string of the molecule is Nc1nc(=O)n([C@H]2CC[C@@H](COP(=O)(O)OP(=O)(O)OP(=O)(O)O)O2)cc1CO. The molecule has 7 N–H and O–H groups in total. The number of hydrogen-bond donors (Lipinski definition) is 6. The van der Waals surface area contributed by atoms with Gasteiger partial charge in [0, 0.05) is 11.8 Å². The number of phosphoric ester groups is 1. The molecule has 0 spiro atoms. The van der Waals surface area contributed by atoms with E-state index in [9.17, 15) is 28.5 Å². The normalized spacial score (nSPS) is 24.2. The third-order valence-electron chi connectivity index (χ3n) is 3.47. The van der Waals surface area contributed by atoms with Crippen LogP contribution >= 0.6 is 23.5 Å². The first-order chi connectivity index (χ1) is 13.2. The molecule has 0 radical (unpaired) electrons. The molecule has 1 fully saturated rings. The maximum atomic E-state index is 11.9. The summed E-state index contributed by atoms with van der Waals surface area (Å²) in [5.41, 5.74) is 4.92. The Morgan fingerprint density at radius 2 is 1.83 bits per heavy atom. The Labute approximate surface area is 162 Å². The first-order valence-corrected chi connectivity index (χ1v) is 12.2. The maximum absolute atomic E-state index is 11.9. The van der Waals surface area contributed by atoms with E-state index in [0.717, 1.165) is 4.57 Å². The van der Waals surface area contributed by atoms with Crippen LogP contribution in [0.1, 0.15) is 24.6 Å². The largest absolute Gasteiger partial charge is 0.490 e. The van der Waals surface area contributed by atoms with Crippen molar-refractivity contribution in [1.82, 2.24) is 9.55 Å². The third kappa shape index (κ3) is 7.33. The molecule has 4 atom stereocenters. The van der Waals surface area contributed by atoms with Gasteiger partial charge in [0.2, 0.25) is 0 Å². The molecule has 0 aromatic carbocycles. The van der Waals surface area contributed by atoms with Crippen molar-refractivity contribution in [3.8, 4) is 0 Å². The van der Waals surface area contributed by atoms with E-state index in [1.54, 1.807) is 0 Å². The first-order valence-electron chi connectivity index (χ1n) is 7.63. The summed E-state index contributed by atoms with van der Waals surface area (Å²) in [5, 5.41) is 9.19. The van der Waals surface area contributed by atoms with Gasteiger partial charge in [0.1, 0.15) is 12.0 Å². The van der Waals surface area contributed by atoms with Gasteiger partial charge in [-0.2, -0.15) is 13.6 Å². The average molecular weight is 481 g/mol. The molecule has 1 aromatic rings. The van der Waals surface area contributed by atoms with E-state index in [2.05, 4.69) is 18.1 Å². The van der Waals surface area contributed by atoms with Gasteiger partial charge in [-0.15, -0.1) is 0 Å². The fourth-order valence-electron chi connectivity index (χ4n) is 2.34. The molecule has 0 amide bonds. The third-order valence-corrected chi connectivity index (χ3v) is 7.27. The van der Waals surface area contributed by atoms with Crippen LogP contribution in [0.4, 0.5) is 5.82 Å². The van der Waals surface area contributed by atoms with Crippen LogP contribution in [0.5, 0.6) is 0 Å². The molecule has 2 unspecified atom stereocenters. The minimum Gasteiger partial charge on any atom is -0.391 e. The van der Waals surface area contributed by atoms with E-state index in [0.29, 0.717) is 0 Å². The second kappa shape index (κ2) is 9.02. The van der Waals surface area contributed by atoms with E-state index in [4.69, 9.17) is 25.2 Å². The summed E-state index contributed by atoms with van der Waals surface area (Å²) >= 11 is 0. The summed E-state index contributed by atoms with van der Waals surface area (Å²) in [5.74, 6) is -0.143. The zero-order valence-electron chi connectivity index (χ0n) is 14.4. The Morgan fingerprint density at radius 1 is 1.17 bits per heavy atom. The number of anilines is 1. The summed E-state index contributed by atoms with van der Waals surface area (Å²) in [4.78, 5) is 50.9. The molecule has 166 valence electrons. The summed E-state index contributed by atoms with van der Waals surface area (Å²) in [6.07, 6.45) is 0.0225. The van der Waals surface area contributed by atoms with Gasteiger partial charge in [0.15, 0.2) is 0 Å². The summed E-state index contributed by atoms with van der Waals surface area (Å²) in [6.45, 7) is -1.11. The maximum Gasteiger partial charge on any atom is 0.490 e. The monoisotopic (exact) mass is 481 g/mol. The number of aliphatic hydroxyl groups is 1. The summed E-state index contributed by atoms with van der Waals surface area (Å²) in [7, 11) is -16.4. The molecular formula is C10H18N3O13P3. The molecule has 16 nitrogen and oxygen atoms in total. The second-order valence-electron chi connectivity index (χ2n) is 5.68. The highest BCUT2D eigenvalue weighted by atomic mass is 31.3. The van der Waals surface area contributed by atoms with Gasteiger partial charge in [-0.05, 0) is 12.8 Å². The van der Waals surface area contributed by atoms with Crippen LogP contribution in [0.3, 0.4) is 0 Å². The van der Waals surface area contributed by atoms with Crippen molar-refractivity contribution in [3.05, 3.63) is 22.2 Å². The zero-order chi connectivity index (χ0) is 22.0. The lowest BCUT2D eigenvalue weighted by molar-refractivity contribution is -0.0244. The van der Waals surface area contributed by atoms with Crippen molar-refractivity contribution in [1.29, 1.82) is 0 Å². The summed E-state index contributed by atoms with van der Waals surface area (Å²) < 4.78 is 51.7. The Hall–Kier alpha value is -0.990. The number of rotatable bonds is 9. The van der Waals surface area contributed by atoms with Crippen LogP contribution in [0.25, 0.3) is 0 Å². The Kier molecular flexibility index (Phi) is 7.55. The van der Waals surface area contributed by atoms with Crippen molar-refractivity contribution in [2.24, 2.45) is 0 Å². The summed E-state index contributed by atoms with van der Waals surface area (Å²) in [6, 6.07) is 0. The van der Waals surface area contributed by atoms with Crippen LogP contribution in [-0.4, -0.2) is 46.9 Å². The van der Waals surface area contributed by atoms with Crippen LogP contribution < -0.4 is 11.4 Å². The lowest BCUT2D eigenvalue weighted by Gasteiger charge is -2.19. The molecule has 29 heavy (non-hydrogen) atoms. The van der Waals surface area contributed by atoms with Crippen molar-refractivity contribution < 1.29 is 56.3 Å². The van der Waals surface area contributed by atoms with Crippen LogP contribution in [0.15, 0.2) is 11.0 Å². The lowest BCUT2D eigenvalue weighted by Crippen LogP contribution is -2.29. The predicted octanol–water partition coefficient (Wildman–Crippen LogP) is -0.661. The molecule has 0 aliphatic carbocycles. The highest BCUT2D eigenvalue weighted by Crippen LogP contribution is 2.66. The molecule has 2 heterocycles. The molecule has 1 aromatic heterocycles. The van der Waals surface area contributed by atoms with Gasteiger partial charge in [0.25, 0.3) is 0 Å². The standard InChI is InChI=1S/C10H18N3O13P3/c11-9-6(4-14)3-13(10(15)12-9)8-2-1-7(24-8)5-23-28(19,20)26-29(21,22)25-27(16,17)18/h3,7-8,14H,1-2,4-5H2,(H,19,20)(H,21,22)(H2,11,12,15)(H2,16,17,18)/t7-,8+/m0/s1. The van der Waals surface area contributed by atoms with Gasteiger partial charge < -0.3 is 35.2 Å². The molecule has 2 rings (SSSR count). The van der Waals surface area contributed by atoms with Crippen LogP contribution in [0.2, 0.25) is 0 Å². The van der Waals surface area contributed by atoms with Gasteiger partial charge in [0.05, 0.1) is 19.3 Å². The topological polar surface area (TPSA) is 250 Å². The van der Waals surface area contributed by atoms with Crippen LogP contribution in [-0.2, 0) is 38.2 Å². The van der Waals surface area contributed by atoms with E-state index in [-0.39, 0.29) is 24.2 Å². The number of hydrogen-bond acceptors (Lipinski definition) is 11. The van der Waals surface area contributed by atoms with E-state index < -0.39 is 54.7 Å². The van der Waals surface area contributed by atoms with E-state index in [1.165, 1.54) is 6.20 Å². The van der Waals surface area contributed by atoms with Crippen molar-refractivity contribution in [2.45, 2.75) is 31.8 Å². The fraction of sp³-hybridized carbons (Fsp3) is 0.600. The smallest absolute Gasteiger partial charge is 0.391 e. The Morgan fingerprint density at radius 3 is 2.41 bits per heavy atom. The Bertz CT molecular complexity index is 945. The molecule has 1 aliphatic rings. The van der Waals surface area contributed by atoms with Gasteiger partial charge in [-0.1, -0.05) is 0 Å². The highest BCUT2D eigenvalue weighted by molar-refractivity contribution is 7.66. The molecule has 0 saturated carbocycles. The number of phosphoric acid groups is 3. The lowest BCUT2D eigenvalue weighted by atomic mass is 10.2. The molecule has 1 saturated heterocycles. The predicted molar refractivity (Wildman–Crippen MR) is 91.8 cm³/mol. The molecule has 19 heteroatoms. The van der Waals surface area contributed by atoms with Crippen molar-refractivity contribution >= 4 is 29.3 Å². The van der Waals surface area contributed by atoms with Gasteiger partial charge in [-0.25, -0.2) is 18.5 Å². The van der Waals surface area contributed by atoms with Gasteiger partial charge >= 0.3 is 29.2 Å². The number of aromatic nitrogens is 2. The van der Waals surface area contributed by atoms with Gasteiger partial charge in [-0.3, -0.25) is 9.09 Å². The number of nitrogens with zero attached hydrogens (tertiary/aromatic N) is 2. The highest BCUT2D eigenvalue weighted by Gasteiger charge is 2.41. The van der Waals surface area contributed by atoms with Crippen molar-refractivity contribution in [2.75, 3.05) is 12.3 Å². The molecule has 0 bridgehead atoms. The minimum absolute atomic E-state index is 0.143. The minimum atomic E-state index is -5.61. The van der Waals surface area contributed by atoms with E-state index in [1.807, 2.05) is 0 Å². The zero-order valence-corrected chi connectivity index (χ0v) is 17.1.